The van der Waals surface area contributed by atoms with Crippen LogP contribution in [0, 0.1) is 0 Å². The van der Waals surface area contributed by atoms with Crippen molar-refractivity contribution in [2.24, 2.45) is 0 Å². The molecular formula is C31H30N4O2. The van der Waals surface area contributed by atoms with Gasteiger partial charge in [0.15, 0.2) is 0 Å². The third-order valence-electron chi connectivity index (χ3n) is 7.56. The van der Waals surface area contributed by atoms with E-state index in [0.717, 1.165) is 52.4 Å². The molecule has 0 radical (unpaired) electrons. The van der Waals surface area contributed by atoms with Crippen molar-refractivity contribution in [1.82, 2.24) is 4.98 Å². The van der Waals surface area contributed by atoms with Gasteiger partial charge in [0, 0.05) is 35.3 Å². The number of piperazine rings is 1. The molecule has 1 saturated carbocycles. The van der Waals surface area contributed by atoms with Gasteiger partial charge in [0.1, 0.15) is 17.4 Å². The fourth-order valence-electron chi connectivity index (χ4n) is 5.29. The van der Waals surface area contributed by atoms with E-state index in [1.54, 1.807) is 7.11 Å². The molecule has 0 bridgehead atoms. The summed E-state index contributed by atoms with van der Waals surface area (Å²) in [6.45, 7) is 6.03. The van der Waals surface area contributed by atoms with Crippen LogP contribution >= 0.6 is 0 Å². The molecule has 0 atom stereocenters. The SMILES string of the molecule is C=C(Nc1cc2ccccc2c(N2CCN(c3ccccc3)C(=O)C2)n1)C1(c2ccc(OC)cc2)CC1. The second kappa shape index (κ2) is 9.28. The summed E-state index contributed by atoms with van der Waals surface area (Å²) in [7, 11) is 1.68. The van der Waals surface area contributed by atoms with E-state index in [9.17, 15) is 4.79 Å². The molecule has 1 amide bonds. The number of para-hydroxylation sites is 1. The molecule has 2 aliphatic rings. The van der Waals surface area contributed by atoms with E-state index in [1.807, 2.05) is 59.5 Å². The second-order valence-corrected chi connectivity index (χ2v) is 9.77. The maximum atomic E-state index is 13.1. The molecular weight excluding hydrogens is 460 g/mol. The fourth-order valence-corrected chi connectivity index (χ4v) is 5.29. The topological polar surface area (TPSA) is 57.7 Å². The van der Waals surface area contributed by atoms with Gasteiger partial charge in [0.05, 0.1) is 13.7 Å². The lowest BCUT2D eigenvalue weighted by Crippen LogP contribution is -2.51. The largest absolute Gasteiger partial charge is 0.497 e. The van der Waals surface area contributed by atoms with Crippen molar-refractivity contribution in [3.8, 4) is 5.75 Å². The summed E-state index contributed by atoms with van der Waals surface area (Å²) < 4.78 is 5.33. The van der Waals surface area contributed by atoms with Crippen LogP contribution in [-0.2, 0) is 10.2 Å². The van der Waals surface area contributed by atoms with Crippen LogP contribution in [0.4, 0.5) is 17.3 Å². The quantitative estimate of drug-likeness (QED) is 0.357. The number of carbonyl (C=O) groups excluding carboxylic acids is 1. The predicted octanol–water partition coefficient (Wildman–Crippen LogP) is 5.75. The van der Waals surface area contributed by atoms with Gasteiger partial charge in [0.25, 0.3) is 0 Å². The van der Waals surface area contributed by atoms with Crippen LogP contribution in [-0.4, -0.2) is 37.6 Å². The van der Waals surface area contributed by atoms with Gasteiger partial charge in [-0.2, -0.15) is 0 Å². The van der Waals surface area contributed by atoms with E-state index >= 15 is 0 Å². The van der Waals surface area contributed by atoms with E-state index in [1.165, 1.54) is 5.56 Å². The standard InChI is InChI=1S/C31H30N4O2/c1-22(31(16-17-31)24-12-14-26(37-2)15-13-24)32-28-20-23-8-6-7-11-27(23)30(33-28)34-18-19-35(29(36)21-34)25-9-4-3-5-10-25/h3-15,20H,1,16-19,21H2,2H3,(H,32,33). The molecule has 1 aliphatic heterocycles. The molecule has 1 aromatic heterocycles. The molecule has 6 nitrogen and oxygen atoms in total. The summed E-state index contributed by atoms with van der Waals surface area (Å²) in [5, 5.41) is 5.65. The number of methoxy groups -OCH3 is 1. The number of aromatic nitrogens is 1. The molecule has 0 spiro atoms. The van der Waals surface area contributed by atoms with E-state index in [2.05, 4.69) is 47.1 Å². The van der Waals surface area contributed by atoms with Crippen LogP contribution < -0.4 is 19.9 Å². The minimum atomic E-state index is -0.100. The molecule has 0 unspecified atom stereocenters. The number of anilines is 3. The normalized spacial score (nSPS) is 16.5. The first kappa shape index (κ1) is 23.1. The summed E-state index contributed by atoms with van der Waals surface area (Å²) in [6, 6.07) is 28.4. The number of nitrogens with one attached hydrogen (secondary N) is 1. The van der Waals surface area contributed by atoms with Crippen LogP contribution in [0.15, 0.2) is 97.2 Å². The number of hydrogen-bond acceptors (Lipinski definition) is 5. The smallest absolute Gasteiger partial charge is 0.246 e. The highest BCUT2D eigenvalue weighted by Gasteiger charge is 2.47. The van der Waals surface area contributed by atoms with Gasteiger partial charge in [0.2, 0.25) is 5.91 Å². The minimum absolute atomic E-state index is 0.0718. The van der Waals surface area contributed by atoms with Gasteiger partial charge in [-0.25, -0.2) is 4.98 Å². The van der Waals surface area contributed by atoms with E-state index in [-0.39, 0.29) is 17.9 Å². The Bertz CT molecular complexity index is 1460. The van der Waals surface area contributed by atoms with E-state index in [4.69, 9.17) is 9.72 Å². The maximum absolute atomic E-state index is 13.1. The molecule has 6 heteroatoms. The number of fused-ring (bicyclic) bond motifs is 1. The first-order valence-corrected chi connectivity index (χ1v) is 12.7. The number of ether oxygens (including phenoxy) is 1. The lowest BCUT2D eigenvalue weighted by Gasteiger charge is -2.35. The van der Waals surface area contributed by atoms with Gasteiger partial charge in [-0.15, -0.1) is 0 Å². The number of hydrogen-bond donors (Lipinski definition) is 1. The molecule has 3 aromatic carbocycles. The number of benzene rings is 3. The summed E-state index contributed by atoms with van der Waals surface area (Å²) in [5.74, 6) is 2.49. The highest BCUT2D eigenvalue weighted by Crippen LogP contribution is 2.53. The first-order valence-electron chi connectivity index (χ1n) is 12.7. The van der Waals surface area contributed by atoms with Crippen LogP contribution in [0.3, 0.4) is 0 Å². The van der Waals surface area contributed by atoms with E-state index < -0.39 is 0 Å². The van der Waals surface area contributed by atoms with Crippen LogP contribution in [0.1, 0.15) is 18.4 Å². The Kier molecular flexibility index (Phi) is 5.80. The summed E-state index contributed by atoms with van der Waals surface area (Å²) in [4.78, 5) is 22.1. The average Bonchev–Trinajstić information content (AvgIpc) is 3.75. The van der Waals surface area contributed by atoms with Gasteiger partial charge >= 0.3 is 0 Å². The number of rotatable bonds is 7. The molecule has 1 aliphatic carbocycles. The third kappa shape index (κ3) is 4.29. The molecule has 1 N–H and O–H groups in total. The Morgan fingerprint density at radius 2 is 1.70 bits per heavy atom. The number of pyridine rings is 1. The molecule has 186 valence electrons. The number of amides is 1. The lowest BCUT2D eigenvalue weighted by molar-refractivity contribution is -0.117. The number of nitrogens with zero attached hydrogens (tertiary/aromatic N) is 3. The first-order chi connectivity index (χ1) is 18.1. The van der Waals surface area contributed by atoms with Crippen molar-refractivity contribution in [2.75, 3.05) is 41.9 Å². The maximum Gasteiger partial charge on any atom is 0.246 e. The van der Waals surface area contributed by atoms with Gasteiger partial charge < -0.3 is 19.9 Å². The zero-order valence-electron chi connectivity index (χ0n) is 21.0. The summed E-state index contributed by atoms with van der Waals surface area (Å²) in [5.41, 5.74) is 3.01. The predicted molar refractivity (Wildman–Crippen MR) is 149 cm³/mol. The monoisotopic (exact) mass is 490 g/mol. The third-order valence-corrected chi connectivity index (χ3v) is 7.56. The van der Waals surface area contributed by atoms with Crippen LogP contribution in [0.25, 0.3) is 10.8 Å². The molecule has 1 saturated heterocycles. The van der Waals surface area contributed by atoms with Crippen molar-refractivity contribution in [1.29, 1.82) is 0 Å². The highest BCUT2D eigenvalue weighted by molar-refractivity contribution is 6.00. The number of allylic oxidation sites excluding steroid dienone is 1. The second-order valence-electron chi connectivity index (χ2n) is 9.77. The zero-order chi connectivity index (χ0) is 25.4. The molecule has 6 rings (SSSR count). The fraction of sp³-hybridized carbons (Fsp3) is 0.226. The van der Waals surface area contributed by atoms with Crippen molar-refractivity contribution < 1.29 is 9.53 Å². The molecule has 37 heavy (non-hydrogen) atoms. The Morgan fingerprint density at radius 3 is 2.41 bits per heavy atom. The van der Waals surface area contributed by atoms with Crippen molar-refractivity contribution in [3.63, 3.8) is 0 Å². The lowest BCUT2D eigenvalue weighted by atomic mass is 9.92. The van der Waals surface area contributed by atoms with Crippen molar-refractivity contribution in [3.05, 3.63) is 103 Å². The van der Waals surface area contributed by atoms with Gasteiger partial charge in [-0.1, -0.05) is 61.2 Å². The van der Waals surface area contributed by atoms with Crippen LogP contribution in [0.2, 0.25) is 0 Å². The van der Waals surface area contributed by atoms with Gasteiger partial charge in [-0.05, 0) is 54.1 Å². The average molecular weight is 491 g/mol. The number of carbonyl (C=O) groups is 1. The Morgan fingerprint density at radius 1 is 0.973 bits per heavy atom. The van der Waals surface area contributed by atoms with E-state index in [0.29, 0.717) is 13.1 Å². The Labute approximate surface area is 217 Å². The highest BCUT2D eigenvalue weighted by atomic mass is 16.5. The molecule has 2 fully saturated rings. The van der Waals surface area contributed by atoms with Gasteiger partial charge in [-0.3, -0.25) is 4.79 Å². The molecule has 2 heterocycles. The Balaban J connectivity index is 1.27. The summed E-state index contributed by atoms with van der Waals surface area (Å²) in [6.07, 6.45) is 2.09. The zero-order valence-corrected chi connectivity index (χ0v) is 21.0. The Hall–Kier alpha value is -4.32. The molecule has 4 aromatic rings. The van der Waals surface area contributed by atoms with Crippen LogP contribution in [0.5, 0.6) is 5.75 Å². The van der Waals surface area contributed by atoms with Crippen molar-refractivity contribution in [2.45, 2.75) is 18.3 Å². The van der Waals surface area contributed by atoms with Crippen molar-refractivity contribution >= 4 is 34.0 Å². The summed E-state index contributed by atoms with van der Waals surface area (Å²) >= 11 is 0. The minimum Gasteiger partial charge on any atom is -0.497 e.